The molecule has 1 aliphatic rings. The van der Waals surface area contributed by atoms with Gasteiger partial charge in [0.05, 0.1) is 5.60 Å². The third-order valence-corrected chi connectivity index (χ3v) is 4.04. The van der Waals surface area contributed by atoms with Gasteiger partial charge in [-0.1, -0.05) is 17.7 Å². The third-order valence-electron chi connectivity index (χ3n) is 3.69. The van der Waals surface area contributed by atoms with Crippen LogP contribution in [-0.2, 0) is 11.3 Å². The normalized spacial score (nSPS) is 23.8. The van der Waals surface area contributed by atoms with E-state index in [9.17, 15) is 0 Å². The summed E-state index contributed by atoms with van der Waals surface area (Å²) in [5, 5.41) is 3.86. The van der Waals surface area contributed by atoms with Crippen molar-refractivity contribution in [1.82, 2.24) is 5.32 Å². The zero-order valence-corrected chi connectivity index (χ0v) is 13.7. The van der Waals surface area contributed by atoms with Gasteiger partial charge in [-0.25, -0.2) is 0 Å². The molecule has 0 aliphatic carbocycles. The van der Waals surface area contributed by atoms with E-state index in [4.69, 9.17) is 21.1 Å². The number of hydrogen-bond donors (Lipinski definition) is 1. The van der Waals surface area contributed by atoms with Crippen LogP contribution < -0.4 is 10.1 Å². The standard InChI is InChI=1S/C16H24ClNO2/c1-15(2)9-14(16(3,4)20-15)19-13-8-6-7-12(17)11(13)10-18-5/h6-8,14,18H,9-10H2,1-5H3. The number of ether oxygens (including phenoxy) is 2. The van der Waals surface area contributed by atoms with Crippen molar-refractivity contribution >= 4 is 11.6 Å². The summed E-state index contributed by atoms with van der Waals surface area (Å²) in [6, 6.07) is 5.78. The molecule has 1 aliphatic heterocycles. The number of hydrogen-bond acceptors (Lipinski definition) is 3. The van der Waals surface area contributed by atoms with Gasteiger partial charge in [0.15, 0.2) is 0 Å². The topological polar surface area (TPSA) is 30.5 Å². The Morgan fingerprint density at radius 3 is 2.60 bits per heavy atom. The number of halogens is 1. The van der Waals surface area contributed by atoms with Crippen LogP contribution in [0.25, 0.3) is 0 Å². The van der Waals surface area contributed by atoms with Gasteiger partial charge in [-0.2, -0.15) is 0 Å². The molecule has 112 valence electrons. The largest absolute Gasteiger partial charge is 0.487 e. The summed E-state index contributed by atoms with van der Waals surface area (Å²) in [7, 11) is 1.90. The summed E-state index contributed by atoms with van der Waals surface area (Å²) in [5.41, 5.74) is 0.538. The molecule has 0 aromatic heterocycles. The minimum Gasteiger partial charge on any atom is -0.487 e. The Labute approximate surface area is 126 Å². The minimum atomic E-state index is -0.303. The van der Waals surface area contributed by atoms with Crippen LogP contribution in [0, 0.1) is 0 Å². The van der Waals surface area contributed by atoms with Crippen molar-refractivity contribution in [2.45, 2.75) is 58.0 Å². The molecule has 0 radical (unpaired) electrons. The number of nitrogens with one attached hydrogen (secondary N) is 1. The second kappa shape index (κ2) is 5.55. The van der Waals surface area contributed by atoms with Crippen LogP contribution >= 0.6 is 11.6 Å². The lowest BCUT2D eigenvalue weighted by atomic mass is 9.97. The monoisotopic (exact) mass is 297 g/mol. The molecule has 1 aromatic carbocycles. The highest BCUT2D eigenvalue weighted by molar-refractivity contribution is 6.31. The molecule has 0 saturated carbocycles. The van der Waals surface area contributed by atoms with Gasteiger partial charge in [-0.3, -0.25) is 0 Å². The maximum absolute atomic E-state index is 6.27. The van der Waals surface area contributed by atoms with Crippen LogP contribution in [0.3, 0.4) is 0 Å². The summed E-state index contributed by atoms with van der Waals surface area (Å²) < 4.78 is 12.3. The van der Waals surface area contributed by atoms with Crippen molar-refractivity contribution in [2.75, 3.05) is 7.05 Å². The first-order valence-corrected chi connectivity index (χ1v) is 7.42. The highest BCUT2D eigenvalue weighted by Crippen LogP contribution is 2.40. The van der Waals surface area contributed by atoms with Crippen LogP contribution in [0.2, 0.25) is 5.02 Å². The molecule has 20 heavy (non-hydrogen) atoms. The average Bonchev–Trinajstić information content (AvgIpc) is 2.51. The Hall–Kier alpha value is -0.770. The molecule has 1 fully saturated rings. The predicted molar refractivity (Wildman–Crippen MR) is 82.5 cm³/mol. The molecule has 1 saturated heterocycles. The molecular weight excluding hydrogens is 274 g/mol. The Kier molecular flexibility index (Phi) is 4.33. The lowest BCUT2D eigenvalue weighted by molar-refractivity contribution is -0.0846. The molecule has 0 spiro atoms. The molecule has 4 heteroatoms. The van der Waals surface area contributed by atoms with Crippen molar-refractivity contribution in [2.24, 2.45) is 0 Å². The van der Waals surface area contributed by atoms with E-state index >= 15 is 0 Å². The molecule has 0 amide bonds. The molecule has 1 unspecified atom stereocenters. The first-order chi connectivity index (χ1) is 9.25. The quantitative estimate of drug-likeness (QED) is 0.917. The van der Waals surface area contributed by atoms with Crippen LogP contribution in [0.1, 0.15) is 39.7 Å². The minimum absolute atomic E-state index is 0.0200. The highest BCUT2D eigenvalue weighted by atomic mass is 35.5. The zero-order chi connectivity index (χ0) is 15.0. The molecule has 3 nitrogen and oxygen atoms in total. The van der Waals surface area contributed by atoms with E-state index in [-0.39, 0.29) is 17.3 Å². The van der Waals surface area contributed by atoms with Crippen molar-refractivity contribution in [3.8, 4) is 5.75 Å². The Morgan fingerprint density at radius 1 is 1.35 bits per heavy atom. The number of rotatable bonds is 4. The molecule has 0 bridgehead atoms. The molecular formula is C16H24ClNO2. The first kappa shape index (κ1) is 15.6. The van der Waals surface area contributed by atoms with E-state index in [0.29, 0.717) is 6.54 Å². The van der Waals surface area contributed by atoms with E-state index in [1.165, 1.54) is 0 Å². The molecule has 2 rings (SSSR count). The van der Waals surface area contributed by atoms with Crippen molar-refractivity contribution in [1.29, 1.82) is 0 Å². The van der Waals surface area contributed by atoms with Crippen LogP contribution in [0.5, 0.6) is 5.75 Å². The van der Waals surface area contributed by atoms with Gasteiger partial charge in [0.25, 0.3) is 0 Å². The van der Waals surface area contributed by atoms with Gasteiger partial charge in [0.2, 0.25) is 0 Å². The van der Waals surface area contributed by atoms with Gasteiger partial charge in [-0.05, 0) is 46.9 Å². The Bertz CT molecular complexity index is 485. The van der Waals surface area contributed by atoms with Crippen molar-refractivity contribution < 1.29 is 9.47 Å². The van der Waals surface area contributed by atoms with Crippen LogP contribution in [0.15, 0.2) is 18.2 Å². The van der Waals surface area contributed by atoms with Gasteiger partial charge in [-0.15, -0.1) is 0 Å². The Balaban J connectivity index is 2.24. The van der Waals surface area contributed by atoms with Crippen molar-refractivity contribution in [3.05, 3.63) is 28.8 Å². The number of benzene rings is 1. The highest BCUT2D eigenvalue weighted by Gasteiger charge is 2.47. The van der Waals surface area contributed by atoms with E-state index < -0.39 is 0 Å². The summed E-state index contributed by atoms with van der Waals surface area (Å²) in [5.74, 6) is 0.839. The van der Waals surface area contributed by atoms with Gasteiger partial charge in [0, 0.05) is 23.6 Å². The lowest BCUT2D eigenvalue weighted by Crippen LogP contribution is -2.37. The van der Waals surface area contributed by atoms with Gasteiger partial charge in [0.1, 0.15) is 17.5 Å². The summed E-state index contributed by atoms with van der Waals surface area (Å²) in [6.07, 6.45) is 0.887. The SMILES string of the molecule is CNCc1c(Cl)cccc1OC1CC(C)(C)OC1(C)C. The van der Waals surface area contributed by atoms with Crippen LogP contribution in [-0.4, -0.2) is 24.4 Å². The summed E-state index contributed by atoms with van der Waals surface area (Å²) >= 11 is 6.27. The molecule has 1 atom stereocenters. The second-order valence-corrected chi connectivity index (χ2v) is 6.93. The summed E-state index contributed by atoms with van der Waals surface area (Å²) in [4.78, 5) is 0. The third kappa shape index (κ3) is 3.27. The smallest absolute Gasteiger partial charge is 0.130 e. The van der Waals surface area contributed by atoms with E-state index in [0.717, 1.165) is 22.8 Å². The fourth-order valence-electron chi connectivity index (χ4n) is 2.85. The maximum atomic E-state index is 6.27. The maximum Gasteiger partial charge on any atom is 0.130 e. The summed E-state index contributed by atoms with van der Waals surface area (Å²) in [6.45, 7) is 9.05. The van der Waals surface area contributed by atoms with Crippen LogP contribution in [0.4, 0.5) is 0 Å². The molecule has 1 N–H and O–H groups in total. The fraction of sp³-hybridized carbons (Fsp3) is 0.625. The fourth-order valence-corrected chi connectivity index (χ4v) is 3.08. The van der Waals surface area contributed by atoms with E-state index in [2.05, 4.69) is 33.0 Å². The van der Waals surface area contributed by atoms with Crippen molar-refractivity contribution in [3.63, 3.8) is 0 Å². The molecule has 1 heterocycles. The zero-order valence-electron chi connectivity index (χ0n) is 12.9. The van der Waals surface area contributed by atoms with Gasteiger partial charge < -0.3 is 14.8 Å². The lowest BCUT2D eigenvalue weighted by Gasteiger charge is -2.28. The predicted octanol–water partition coefficient (Wildman–Crippen LogP) is 3.78. The van der Waals surface area contributed by atoms with E-state index in [1.54, 1.807) is 0 Å². The molecule has 1 aromatic rings. The first-order valence-electron chi connectivity index (χ1n) is 7.04. The average molecular weight is 298 g/mol. The Morgan fingerprint density at radius 2 is 2.05 bits per heavy atom. The van der Waals surface area contributed by atoms with E-state index in [1.807, 2.05) is 25.2 Å². The van der Waals surface area contributed by atoms with Gasteiger partial charge >= 0.3 is 0 Å². The second-order valence-electron chi connectivity index (χ2n) is 6.52.